The highest BCUT2D eigenvalue weighted by molar-refractivity contribution is 6.23. The fourth-order valence-electron chi connectivity index (χ4n) is 2.57. The third-order valence-corrected chi connectivity index (χ3v) is 3.73. The van der Waals surface area contributed by atoms with Gasteiger partial charge in [-0.05, 0) is 18.2 Å². The number of aliphatic carboxylic acids is 1. The van der Waals surface area contributed by atoms with Gasteiger partial charge in [0.2, 0.25) is 0 Å². The summed E-state index contributed by atoms with van der Waals surface area (Å²) in [5.74, 6) is -4.19. The average Bonchev–Trinajstić information content (AvgIpc) is 3.13. The fraction of sp³-hybridized carbons (Fsp3) is 0.133. The maximum absolute atomic E-state index is 12.5. The van der Waals surface area contributed by atoms with Crippen LogP contribution in [0.2, 0.25) is 0 Å². The molecule has 0 unspecified atom stereocenters. The van der Waals surface area contributed by atoms with E-state index in [2.05, 4.69) is 9.97 Å². The van der Waals surface area contributed by atoms with Gasteiger partial charge in [0.25, 0.3) is 11.8 Å². The normalized spacial score (nSPS) is 14.6. The molecule has 2 amide bonds. The first-order valence-corrected chi connectivity index (χ1v) is 6.85. The molecule has 9 heteroatoms. The van der Waals surface area contributed by atoms with Crippen LogP contribution in [0.4, 0.5) is 0 Å². The number of aromatic nitrogens is 2. The van der Waals surface area contributed by atoms with E-state index >= 15 is 0 Å². The lowest BCUT2D eigenvalue weighted by Crippen LogP contribution is -2.46. The first-order valence-electron chi connectivity index (χ1n) is 6.85. The Kier molecular flexibility index (Phi) is 3.60. The Morgan fingerprint density at radius 1 is 1.17 bits per heavy atom. The van der Waals surface area contributed by atoms with E-state index in [1.165, 1.54) is 24.7 Å². The summed E-state index contributed by atoms with van der Waals surface area (Å²) in [6.45, 7) is 0. The van der Waals surface area contributed by atoms with E-state index < -0.39 is 29.8 Å². The van der Waals surface area contributed by atoms with Gasteiger partial charge in [-0.15, -0.1) is 0 Å². The Hall–Kier alpha value is -3.49. The molecule has 1 aliphatic rings. The third-order valence-electron chi connectivity index (χ3n) is 3.73. The zero-order chi connectivity index (χ0) is 17.4. The van der Waals surface area contributed by atoms with E-state index in [1.54, 1.807) is 0 Å². The number of aromatic carboxylic acids is 1. The van der Waals surface area contributed by atoms with Gasteiger partial charge in [-0.3, -0.25) is 14.5 Å². The fourth-order valence-corrected chi connectivity index (χ4v) is 2.57. The van der Waals surface area contributed by atoms with Gasteiger partial charge >= 0.3 is 11.9 Å². The van der Waals surface area contributed by atoms with Crippen molar-refractivity contribution in [1.82, 2.24) is 14.9 Å². The van der Waals surface area contributed by atoms with Gasteiger partial charge in [0.05, 0.1) is 23.0 Å². The number of hydrogen-bond acceptors (Lipinski definition) is 5. The Labute approximate surface area is 134 Å². The molecule has 122 valence electrons. The minimum absolute atomic E-state index is 0.0131. The zero-order valence-electron chi connectivity index (χ0n) is 12.1. The molecule has 0 radical (unpaired) electrons. The van der Waals surface area contributed by atoms with E-state index in [4.69, 9.17) is 5.11 Å². The highest BCUT2D eigenvalue weighted by Crippen LogP contribution is 2.27. The zero-order valence-corrected chi connectivity index (χ0v) is 12.1. The van der Waals surface area contributed by atoms with Crippen LogP contribution in [0.1, 0.15) is 36.8 Å². The quantitative estimate of drug-likeness (QED) is 0.674. The lowest BCUT2D eigenvalue weighted by molar-refractivity contribution is -0.141. The van der Waals surface area contributed by atoms with Crippen molar-refractivity contribution in [1.29, 1.82) is 0 Å². The molecule has 0 spiro atoms. The number of carboxylic acids is 2. The van der Waals surface area contributed by atoms with E-state index in [0.29, 0.717) is 10.6 Å². The second kappa shape index (κ2) is 5.61. The van der Waals surface area contributed by atoms with Crippen LogP contribution in [-0.2, 0) is 11.2 Å². The molecule has 2 aromatic rings. The van der Waals surface area contributed by atoms with E-state index in [0.717, 1.165) is 6.07 Å². The Morgan fingerprint density at radius 2 is 1.88 bits per heavy atom. The van der Waals surface area contributed by atoms with Crippen LogP contribution in [0.5, 0.6) is 0 Å². The number of nitrogens with one attached hydrogen (secondary N) is 1. The Balaban J connectivity index is 1.99. The largest absolute Gasteiger partial charge is 0.480 e. The first-order chi connectivity index (χ1) is 11.4. The molecule has 0 saturated carbocycles. The molecule has 0 saturated heterocycles. The molecule has 3 rings (SSSR count). The van der Waals surface area contributed by atoms with E-state index in [1.807, 2.05) is 0 Å². The van der Waals surface area contributed by atoms with Crippen molar-refractivity contribution in [2.45, 2.75) is 12.5 Å². The highest BCUT2D eigenvalue weighted by Gasteiger charge is 2.43. The summed E-state index contributed by atoms with van der Waals surface area (Å²) in [5.41, 5.74) is 0.166. The van der Waals surface area contributed by atoms with Crippen LogP contribution < -0.4 is 0 Å². The summed E-state index contributed by atoms with van der Waals surface area (Å²) < 4.78 is 0. The van der Waals surface area contributed by atoms with Crippen molar-refractivity contribution < 1.29 is 29.4 Å². The summed E-state index contributed by atoms with van der Waals surface area (Å²) in [6.07, 6.45) is 2.62. The summed E-state index contributed by atoms with van der Waals surface area (Å²) in [4.78, 5) is 54.6. The molecule has 9 nitrogen and oxygen atoms in total. The van der Waals surface area contributed by atoms with Crippen molar-refractivity contribution in [3.8, 4) is 0 Å². The molecule has 1 aliphatic heterocycles. The molecule has 1 aromatic heterocycles. The van der Waals surface area contributed by atoms with Crippen LogP contribution in [0.25, 0.3) is 0 Å². The van der Waals surface area contributed by atoms with Crippen LogP contribution in [0.15, 0.2) is 30.7 Å². The van der Waals surface area contributed by atoms with Gasteiger partial charge < -0.3 is 15.2 Å². The van der Waals surface area contributed by atoms with Crippen molar-refractivity contribution in [2.75, 3.05) is 0 Å². The average molecular weight is 329 g/mol. The number of H-pyrrole nitrogens is 1. The van der Waals surface area contributed by atoms with Crippen LogP contribution in [0, 0.1) is 0 Å². The third kappa shape index (κ3) is 2.41. The summed E-state index contributed by atoms with van der Waals surface area (Å²) in [7, 11) is 0. The number of benzene rings is 1. The van der Waals surface area contributed by atoms with Gasteiger partial charge in [-0.25, -0.2) is 14.6 Å². The summed E-state index contributed by atoms with van der Waals surface area (Å²) in [5, 5.41) is 18.4. The molecule has 1 atom stereocenters. The maximum Gasteiger partial charge on any atom is 0.335 e. The number of imide groups is 1. The van der Waals surface area contributed by atoms with Crippen LogP contribution in [-0.4, -0.2) is 54.9 Å². The van der Waals surface area contributed by atoms with E-state index in [-0.39, 0.29) is 23.1 Å². The minimum atomic E-state index is -1.42. The Bertz CT molecular complexity index is 858. The second-order valence-corrected chi connectivity index (χ2v) is 5.18. The van der Waals surface area contributed by atoms with Crippen molar-refractivity contribution >= 4 is 23.8 Å². The number of carbonyl (C=O) groups is 4. The number of nitrogens with zero attached hydrogens (tertiary/aromatic N) is 2. The smallest absolute Gasteiger partial charge is 0.335 e. The maximum atomic E-state index is 12.5. The first kappa shape index (κ1) is 15.4. The second-order valence-electron chi connectivity index (χ2n) is 5.18. The topological polar surface area (TPSA) is 141 Å². The van der Waals surface area contributed by atoms with Crippen molar-refractivity contribution in [2.24, 2.45) is 0 Å². The predicted octanol–water partition coefficient (Wildman–Crippen LogP) is 0.400. The van der Waals surface area contributed by atoms with Crippen LogP contribution >= 0.6 is 0 Å². The molecule has 2 heterocycles. The van der Waals surface area contributed by atoms with Gasteiger partial charge in [0, 0.05) is 18.3 Å². The molecule has 24 heavy (non-hydrogen) atoms. The van der Waals surface area contributed by atoms with E-state index in [9.17, 15) is 24.3 Å². The number of amides is 2. The molecule has 3 N–H and O–H groups in total. The van der Waals surface area contributed by atoms with Crippen LogP contribution in [0.3, 0.4) is 0 Å². The number of carbonyl (C=O) groups excluding carboxylic acids is 2. The number of carboxylic acid groups (broad SMARTS) is 2. The highest BCUT2D eigenvalue weighted by atomic mass is 16.4. The predicted molar refractivity (Wildman–Crippen MR) is 77.6 cm³/mol. The minimum Gasteiger partial charge on any atom is -0.480 e. The molecular formula is C15H11N3O6. The molecule has 0 aliphatic carbocycles. The standard InChI is InChI=1S/C15H11N3O6/c19-12-9-2-1-7(14(21)22)3-10(9)13(20)18(12)11(15(23)24)4-8-5-16-6-17-8/h1-3,5-6,11H,4H2,(H,16,17)(H,21,22)(H,23,24)/t11-/m1/s1. The monoisotopic (exact) mass is 329 g/mol. The molecule has 1 aromatic carbocycles. The number of fused-ring (bicyclic) bond motifs is 1. The van der Waals surface area contributed by atoms with Gasteiger partial charge in [-0.2, -0.15) is 0 Å². The lowest BCUT2D eigenvalue weighted by atomic mass is 10.1. The Morgan fingerprint density at radius 3 is 2.46 bits per heavy atom. The van der Waals surface area contributed by atoms with Crippen molar-refractivity contribution in [3.63, 3.8) is 0 Å². The molecular weight excluding hydrogens is 318 g/mol. The van der Waals surface area contributed by atoms with Crippen molar-refractivity contribution in [3.05, 3.63) is 53.1 Å². The number of hydrogen-bond donors (Lipinski definition) is 3. The number of rotatable bonds is 5. The SMILES string of the molecule is O=C(O)c1ccc2c(c1)C(=O)N([C@H](Cc1cnc[nH]1)C(=O)O)C2=O. The van der Waals surface area contributed by atoms with Gasteiger partial charge in [0.1, 0.15) is 6.04 Å². The lowest BCUT2D eigenvalue weighted by Gasteiger charge is -2.21. The number of aromatic amines is 1. The molecule has 0 fully saturated rings. The van der Waals surface area contributed by atoms with Gasteiger partial charge in [0.15, 0.2) is 0 Å². The number of imidazole rings is 1. The van der Waals surface area contributed by atoms with Gasteiger partial charge in [-0.1, -0.05) is 0 Å². The summed E-state index contributed by atoms with van der Waals surface area (Å²) in [6, 6.07) is 2.06. The summed E-state index contributed by atoms with van der Waals surface area (Å²) >= 11 is 0. The molecule has 0 bridgehead atoms.